The number of imidazole rings is 1. The monoisotopic (exact) mass is 277 g/mol. The molecule has 0 bridgehead atoms. The summed E-state index contributed by atoms with van der Waals surface area (Å²) in [4.78, 5) is 3.97. The quantitative estimate of drug-likeness (QED) is 0.791. The fraction of sp³-hybridized carbons (Fsp3) is 0.400. The first-order valence-electron chi connectivity index (χ1n) is 6.76. The van der Waals surface area contributed by atoms with E-state index in [1.807, 2.05) is 30.8 Å². The van der Waals surface area contributed by atoms with Gasteiger partial charge in [0, 0.05) is 36.6 Å². The van der Waals surface area contributed by atoms with E-state index < -0.39 is 0 Å². The van der Waals surface area contributed by atoms with Crippen molar-refractivity contribution in [3.8, 4) is 5.75 Å². The van der Waals surface area contributed by atoms with E-state index in [2.05, 4.69) is 10.3 Å². The van der Waals surface area contributed by atoms with Gasteiger partial charge in [0.1, 0.15) is 11.6 Å². The topological polar surface area (TPSA) is 39.1 Å². The van der Waals surface area contributed by atoms with Crippen molar-refractivity contribution >= 4 is 0 Å². The number of aromatic nitrogens is 2. The maximum Gasteiger partial charge on any atom is 0.131 e. The molecule has 0 aliphatic heterocycles. The summed E-state index contributed by atoms with van der Waals surface area (Å²) < 4.78 is 21.4. The van der Waals surface area contributed by atoms with Gasteiger partial charge < -0.3 is 14.6 Å². The number of nitrogens with zero attached hydrogens (tertiary/aromatic N) is 2. The first kappa shape index (κ1) is 14.5. The third kappa shape index (κ3) is 3.81. The zero-order valence-corrected chi connectivity index (χ0v) is 11.8. The fourth-order valence-corrected chi connectivity index (χ4v) is 1.96. The van der Waals surface area contributed by atoms with Crippen LogP contribution in [-0.2, 0) is 6.54 Å². The first-order chi connectivity index (χ1) is 9.70. The molecule has 0 fully saturated rings. The molecular formula is C15H20FN3O. The Kier molecular flexibility index (Phi) is 5.12. The van der Waals surface area contributed by atoms with Crippen molar-refractivity contribution in [2.75, 3.05) is 13.7 Å². The van der Waals surface area contributed by atoms with Crippen LogP contribution in [0.25, 0.3) is 0 Å². The summed E-state index contributed by atoms with van der Waals surface area (Å²) in [7, 11) is 1.81. The van der Waals surface area contributed by atoms with Gasteiger partial charge in [0.05, 0.1) is 12.9 Å². The van der Waals surface area contributed by atoms with Crippen LogP contribution in [0.1, 0.15) is 24.9 Å². The maximum absolute atomic E-state index is 13.9. The average molecular weight is 277 g/mol. The van der Waals surface area contributed by atoms with Crippen LogP contribution in [0, 0.1) is 5.82 Å². The molecule has 1 N–H and O–H groups in total. The number of aryl methyl sites for hydroxylation is 1. The van der Waals surface area contributed by atoms with Gasteiger partial charge in [-0.2, -0.15) is 0 Å². The lowest BCUT2D eigenvalue weighted by Crippen LogP contribution is -2.14. The highest BCUT2D eigenvalue weighted by Crippen LogP contribution is 2.21. The molecule has 1 aromatic carbocycles. The molecule has 0 aliphatic rings. The summed E-state index contributed by atoms with van der Waals surface area (Å²) in [6, 6.07) is 5.01. The molecule has 20 heavy (non-hydrogen) atoms. The standard InChI is InChI=1S/C15H20FN3O/c1-12(17-2)14-5-4-13(10-15(14)16)20-9-3-7-19-8-6-18-11-19/h4-6,8,10-12,17H,3,7,9H2,1-2H3. The van der Waals surface area contributed by atoms with E-state index in [4.69, 9.17) is 4.74 Å². The molecule has 4 nitrogen and oxygen atoms in total. The zero-order chi connectivity index (χ0) is 14.4. The third-order valence-corrected chi connectivity index (χ3v) is 3.26. The van der Waals surface area contributed by atoms with E-state index in [1.165, 1.54) is 6.07 Å². The Bertz CT molecular complexity index is 528. The first-order valence-corrected chi connectivity index (χ1v) is 6.76. The zero-order valence-electron chi connectivity index (χ0n) is 11.8. The molecule has 0 saturated carbocycles. The molecule has 108 valence electrons. The maximum atomic E-state index is 13.9. The Hall–Kier alpha value is -1.88. The summed E-state index contributed by atoms with van der Waals surface area (Å²) in [6.07, 6.45) is 6.28. The van der Waals surface area contributed by atoms with Crippen molar-refractivity contribution in [3.05, 3.63) is 48.3 Å². The van der Waals surface area contributed by atoms with Crippen LogP contribution < -0.4 is 10.1 Å². The molecule has 1 unspecified atom stereocenters. The molecular weight excluding hydrogens is 257 g/mol. The number of nitrogens with one attached hydrogen (secondary N) is 1. The van der Waals surface area contributed by atoms with Crippen LogP contribution in [0.15, 0.2) is 36.9 Å². The minimum atomic E-state index is -0.237. The Balaban J connectivity index is 1.82. The summed E-state index contributed by atoms with van der Waals surface area (Å²) in [6.45, 7) is 3.32. The van der Waals surface area contributed by atoms with E-state index in [0.717, 1.165) is 13.0 Å². The molecule has 1 heterocycles. The molecule has 0 spiro atoms. The van der Waals surface area contributed by atoms with Gasteiger partial charge in [-0.15, -0.1) is 0 Å². The number of benzene rings is 1. The smallest absolute Gasteiger partial charge is 0.131 e. The third-order valence-electron chi connectivity index (χ3n) is 3.26. The van der Waals surface area contributed by atoms with E-state index in [0.29, 0.717) is 17.9 Å². The average Bonchev–Trinajstić information content (AvgIpc) is 2.96. The van der Waals surface area contributed by atoms with Crippen LogP contribution in [0.2, 0.25) is 0 Å². The van der Waals surface area contributed by atoms with Crippen LogP contribution in [0.4, 0.5) is 4.39 Å². The van der Waals surface area contributed by atoms with Crippen molar-refractivity contribution in [2.24, 2.45) is 0 Å². The predicted molar refractivity (Wildman–Crippen MR) is 76.2 cm³/mol. The van der Waals surface area contributed by atoms with Crippen LogP contribution in [0.3, 0.4) is 0 Å². The minimum absolute atomic E-state index is 0.00899. The molecule has 1 aromatic heterocycles. The second-order valence-corrected chi connectivity index (χ2v) is 4.70. The summed E-state index contributed by atoms with van der Waals surface area (Å²) in [5.74, 6) is 0.333. The Morgan fingerprint density at radius 2 is 2.30 bits per heavy atom. The van der Waals surface area contributed by atoms with Crippen LogP contribution >= 0.6 is 0 Å². The molecule has 2 aromatic rings. The molecule has 5 heteroatoms. The number of hydrogen-bond donors (Lipinski definition) is 1. The molecule has 0 amide bonds. The Morgan fingerprint density at radius 3 is 2.95 bits per heavy atom. The van der Waals surface area contributed by atoms with Gasteiger partial charge in [-0.1, -0.05) is 6.07 Å². The number of hydrogen-bond acceptors (Lipinski definition) is 3. The molecule has 0 aliphatic carbocycles. The normalized spacial score (nSPS) is 12.3. The lowest BCUT2D eigenvalue weighted by molar-refractivity contribution is 0.300. The second kappa shape index (κ2) is 7.05. The summed E-state index contributed by atoms with van der Waals surface area (Å²) >= 11 is 0. The molecule has 0 saturated heterocycles. The van der Waals surface area contributed by atoms with Crippen LogP contribution in [0.5, 0.6) is 5.75 Å². The van der Waals surface area contributed by atoms with Gasteiger partial charge in [-0.25, -0.2) is 9.37 Å². The molecule has 2 rings (SSSR count). The number of halogens is 1. The van der Waals surface area contributed by atoms with E-state index >= 15 is 0 Å². The van der Waals surface area contributed by atoms with Crippen LogP contribution in [-0.4, -0.2) is 23.2 Å². The summed E-state index contributed by atoms with van der Waals surface area (Å²) in [5.41, 5.74) is 0.651. The highest BCUT2D eigenvalue weighted by molar-refractivity contribution is 5.30. The van der Waals surface area contributed by atoms with Gasteiger partial charge in [-0.3, -0.25) is 0 Å². The fourth-order valence-electron chi connectivity index (χ4n) is 1.96. The highest BCUT2D eigenvalue weighted by atomic mass is 19.1. The highest BCUT2D eigenvalue weighted by Gasteiger charge is 2.09. The lowest BCUT2D eigenvalue weighted by Gasteiger charge is -2.13. The van der Waals surface area contributed by atoms with E-state index in [1.54, 1.807) is 18.6 Å². The lowest BCUT2D eigenvalue weighted by atomic mass is 10.1. The molecule has 0 radical (unpaired) electrons. The van der Waals surface area contributed by atoms with Gasteiger partial charge >= 0.3 is 0 Å². The van der Waals surface area contributed by atoms with Gasteiger partial charge in [0.25, 0.3) is 0 Å². The van der Waals surface area contributed by atoms with Crippen molar-refractivity contribution in [2.45, 2.75) is 25.9 Å². The van der Waals surface area contributed by atoms with E-state index in [9.17, 15) is 4.39 Å². The summed E-state index contributed by atoms with van der Waals surface area (Å²) in [5, 5.41) is 3.02. The van der Waals surface area contributed by atoms with Gasteiger partial charge in [0.2, 0.25) is 0 Å². The Labute approximate surface area is 118 Å². The van der Waals surface area contributed by atoms with Crippen molar-refractivity contribution < 1.29 is 9.13 Å². The van der Waals surface area contributed by atoms with Crippen molar-refractivity contribution in [1.82, 2.24) is 14.9 Å². The number of ether oxygens (including phenoxy) is 1. The number of rotatable bonds is 7. The second-order valence-electron chi connectivity index (χ2n) is 4.70. The van der Waals surface area contributed by atoms with Crippen molar-refractivity contribution in [1.29, 1.82) is 0 Å². The SMILES string of the molecule is CNC(C)c1ccc(OCCCn2ccnc2)cc1F. The van der Waals surface area contributed by atoms with Crippen molar-refractivity contribution in [3.63, 3.8) is 0 Å². The Morgan fingerprint density at radius 1 is 1.45 bits per heavy atom. The minimum Gasteiger partial charge on any atom is -0.493 e. The predicted octanol–water partition coefficient (Wildman–Crippen LogP) is 2.77. The van der Waals surface area contributed by atoms with Gasteiger partial charge in [-0.05, 0) is 26.5 Å². The molecule has 1 atom stereocenters. The largest absolute Gasteiger partial charge is 0.493 e. The van der Waals surface area contributed by atoms with Gasteiger partial charge in [0.15, 0.2) is 0 Å². The van der Waals surface area contributed by atoms with E-state index in [-0.39, 0.29) is 11.9 Å².